The third-order valence-corrected chi connectivity index (χ3v) is 2.07. The Labute approximate surface area is 85.3 Å². The van der Waals surface area contributed by atoms with Crippen molar-refractivity contribution in [1.29, 1.82) is 0 Å². The summed E-state index contributed by atoms with van der Waals surface area (Å²) in [7, 11) is 1.62. The summed E-state index contributed by atoms with van der Waals surface area (Å²) in [5.74, 6) is 0.637. The molecule has 0 aliphatic heterocycles. The third-order valence-electron chi connectivity index (χ3n) is 2.07. The van der Waals surface area contributed by atoms with Crippen LogP contribution in [0, 0.1) is 0 Å². The van der Waals surface area contributed by atoms with Gasteiger partial charge in [0.05, 0.1) is 12.8 Å². The van der Waals surface area contributed by atoms with Gasteiger partial charge in [0.25, 0.3) is 0 Å². The van der Waals surface area contributed by atoms with Crippen LogP contribution in [-0.4, -0.2) is 12.1 Å². The Balaban J connectivity index is 3.17. The quantitative estimate of drug-likeness (QED) is 0.781. The molecule has 0 amide bonds. The molecule has 3 heteroatoms. The molecule has 0 saturated heterocycles. The molecule has 0 bridgehead atoms. The maximum absolute atomic E-state index is 5.60. The summed E-state index contributed by atoms with van der Waals surface area (Å²) in [5.41, 5.74) is 7.70. The van der Waals surface area contributed by atoms with E-state index in [1.54, 1.807) is 7.11 Å². The van der Waals surface area contributed by atoms with Gasteiger partial charge in [-0.2, -0.15) is 0 Å². The van der Waals surface area contributed by atoms with E-state index in [2.05, 4.69) is 25.8 Å². The topological polar surface area (TPSA) is 48.1 Å². The van der Waals surface area contributed by atoms with Crippen molar-refractivity contribution in [3.05, 3.63) is 23.4 Å². The fourth-order valence-electron chi connectivity index (χ4n) is 1.17. The van der Waals surface area contributed by atoms with Gasteiger partial charge in [-0.1, -0.05) is 20.8 Å². The zero-order valence-electron chi connectivity index (χ0n) is 9.29. The van der Waals surface area contributed by atoms with E-state index >= 15 is 0 Å². The fourth-order valence-corrected chi connectivity index (χ4v) is 1.17. The molecule has 1 rings (SSSR count). The number of nitrogens with two attached hydrogens (primary N) is 1. The van der Waals surface area contributed by atoms with Crippen molar-refractivity contribution in [1.82, 2.24) is 4.98 Å². The molecule has 0 unspecified atom stereocenters. The molecule has 0 saturated carbocycles. The molecule has 0 radical (unpaired) electrons. The Morgan fingerprint density at radius 2 is 2.00 bits per heavy atom. The lowest BCUT2D eigenvalue weighted by atomic mass is 9.91. The minimum absolute atomic E-state index is 0.0262. The van der Waals surface area contributed by atoms with Crippen LogP contribution in [0.15, 0.2) is 12.1 Å². The van der Waals surface area contributed by atoms with Gasteiger partial charge in [-0.15, -0.1) is 0 Å². The lowest BCUT2D eigenvalue weighted by Crippen LogP contribution is -2.15. The van der Waals surface area contributed by atoms with Gasteiger partial charge in [0, 0.05) is 18.0 Å². The smallest absolute Gasteiger partial charge is 0.213 e. The molecule has 0 fully saturated rings. The summed E-state index contributed by atoms with van der Waals surface area (Å²) < 4.78 is 5.13. The number of ether oxygens (including phenoxy) is 1. The van der Waals surface area contributed by atoms with Crippen molar-refractivity contribution in [3.8, 4) is 5.88 Å². The minimum Gasteiger partial charge on any atom is -0.481 e. The van der Waals surface area contributed by atoms with Gasteiger partial charge in [0.2, 0.25) is 5.88 Å². The molecule has 0 aliphatic carbocycles. The zero-order valence-corrected chi connectivity index (χ0v) is 9.29. The second kappa shape index (κ2) is 3.96. The van der Waals surface area contributed by atoms with Gasteiger partial charge in [-0.25, -0.2) is 4.98 Å². The minimum atomic E-state index is 0.0262. The number of hydrogen-bond donors (Lipinski definition) is 1. The van der Waals surface area contributed by atoms with Gasteiger partial charge < -0.3 is 10.5 Å². The second-order valence-corrected chi connectivity index (χ2v) is 4.36. The SMILES string of the molecule is COc1cc(CN)cc(C(C)(C)C)n1. The second-order valence-electron chi connectivity index (χ2n) is 4.36. The normalized spacial score (nSPS) is 11.5. The summed E-state index contributed by atoms with van der Waals surface area (Å²) in [6.45, 7) is 6.88. The molecule has 78 valence electrons. The number of hydrogen-bond acceptors (Lipinski definition) is 3. The van der Waals surface area contributed by atoms with Crippen LogP contribution in [0.3, 0.4) is 0 Å². The number of aromatic nitrogens is 1. The predicted molar refractivity (Wildman–Crippen MR) is 57.4 cm³/mol. The van der Waals surface area contributed by atoms with Crippen molar-refractivity contribution >= 4 is 0 Å². The van der Waals surface area contributed by atoms with Crippen LogP contribution in [-0.2, 0) is 12.0 Å². The first-order valence-corrected chi connectivity index (χ1v) is 4.73. The third kappa shape index (κ3) is 2.45. The molecule has 1 aromatic heterocycles. The van der Waals surface area contributed by atoms with E-state index in [0.717, 1.165) is 11.3 Å². The molecule has 2 N–H and O–H groups in total. The van der Waals surface area contributed by atoms with Gasteiger partial charge >= 0.3 is 0 Å². The molecule has 14 heavy (non-hydrogen) atoms. The molecule has 0 spiro atoms. The number of rotatable bonds is 2. The van der Waals surface area contributed by atoms with E-state index < -0.39 is 0 Å². The fraction of sp³-hybridized carbons (Fsp3) is 0.545. The Kier molecular flexibility index (Phi) is 3.11. The van der Waals surface area contributed by atoms with Crippen LogP contribution in [0.1, 0.15) is 32.0 Å². The van der Waals surface area contributed by atoms with Gasteiger partial charge in [0.15, 0.2) is 0 Å². The summed E-state index contributed by atoms with van der Waals surface area (Å²) in [6, 6.07) is 3.90. The monoisotopic (exact) mass is 194 g/mol. The van der Waals surface area contributed by atoms with Crippen molar-refractivity contribution < 1.29 is 4.74 Å². The lowest BCUT2D eigenvalue weighted by molar-refractivity contribution is 0.391. The van der Waals surface area contributed by atoms with Crippen molar-refractivity contribution in [2.75, 3.05) is 7.11 Å². The summed E-state index contributed by atoms with van der Waals surface area (Å²) in [6.07, 6.45) is 0. The summed E-state index contributed by atoms with van der Waals surface area (Å²) in [5, 5.41) is 0. The van der Waals surface area contributed by atoms with Crippen LogP contribution < -0.4 is 10.5 Å². The first-order chi connectivity index (χ1) is 6.47. The average Bonchev–Trinajstić information content (AvgIpc) is 2.15. The highest BCUT2D eigenvalue weighted by Gasteiger charge is 2.16. The van der Waals surface area contributed by atoms with Crippen LogP contribution >= 0.6 is 0 Å². The zero-order chi connectivity index (χ0) is 10.8. The Morgan fingerprint density at radius 1 is 1.36 bits per heavy atom. The molecule has 1 heterocycles. The Hall–Kier alpha value is -1.09. The highest BCUT2D eigenvalue weighted by molar-refractivity contribution is 5.28. The summed E-state index contributed by atoms with van der Waals surface area (Å²) >= 11 is 0. The number of pyridine rings is 1. The van der Waals surface area contributed by atoms with Crippen molar-refractivity contribution in [3.63, 3.8) is 0 Å². The highest BCUT2D eigenvalue weighted by atomic mass is 16.5. The number of methoxy groups -OCH3 is 1. The van der Waals surface area contributed by atoms with Crippen LogP contribution in [0.25, 0.3) is 0 Å². The van der Waals surface area contributed by atoms with E-state index in [-0.39, 0.29) is 5.41 Å². The van der Waals surface area contributed by atoms with E-state index in [4.69, 9.17) is 10.5 Å². The van der Waals surface area contributed by atoms with E-state index in [1.807, 2.05) is 12.1 Å². The molecule has 0 atom stereocenters. The molecule has 3 nitrogen and oxygen atoms in total. The lowest BCUT2D eigenvalue weighted by Gasteiger charge is -2.19. The first-order valence-electron chi connectivity index (χ1n) is 4.73. The molecule has 0 aliphatic rings. The highest BCUT2D eigenvalue weighted by Crippen LogP contribution is 2.23. The predicted octanol–water partition coefficient (Wildman–Crippen LogP) is 1.85. The maximum Gasteiger partial charge on any atom is 0.213 e. The van der Waals surface area contributed by atoms with Gasteiger partial charge in [0.1, 0.15) is 0 Å². The van der Waals surface area contributed by atoms with Crippen LogP contribution in [0.2, 0.25) is 0 Å². The largest absolute Gasteiger partial charge is 0.481 e. The van der Waals surface area contributed by atoms with Gasteiger partial charge in [-0.3, -0.25) is 0 Å². The standard InChI is InChI=1S/C11H18N2O/c1-11(2,3)9-5-8(7-12)6-10(13-9)14-4/h5-6H,7,12H2,1-4H3. The van der Waals surface area contributed by atoms with E-state index in [1.165, 1.54) is 0 Å². The number of nitrogens with zero attached hydrogens (tertiary/aromatic N) is 1. The summed E-state index contributed by atoms with van der Waals surface area (Å²) in [4.78, 5) is 4.39. The van der Waals surface area contributed by atoms with Crippen molar-refractivity contribution in [2.24, 2.45) is 5.73 Å². The van der Waals surface area contributed by atoms with Crippen LogP contribution in [0.5, 0.6) is 5.88 Å². The maximum atomic E-state index is 5.60. The van der Waals surface area contributed by atoms with E-state index in [9.17, 15) is 0 Å². The van der Waals surface area contributed by atoms with Gasteiger partial charge in [-0.05, 0) is 11.6 Å². The molecular formula is C11H18N2O. The van der Waals surface area contributed by atoms with Crippen LogP contribution in [0.4, 0.5) is 0 Å². The van der Waals surface area contributed by atoms with E-state index in [0.29, 0.717) is 12.4 Å². The first kappa shape index (κ1) is 11.0. The average molecular weight is 194 g/mol. The molecule has 1 aromatic rings. The Bertz CT molecular complexity index is 293. The molecule has 0 aromatic carbocycles. The molecular weight excluding hydrogens is 176 g/mol. The van der Waals surface area contributed by atoms with Crippen molar-refractivity contribution in [2.45, 2.75) is 32.7 Å². The Morgan fingerprint density at radius 3 is 2.43 bits per heavy atom.